The SMILES string of the molecule is CC(C)C(C)(CBr)Cc1ccn(C2CCCC2)n1. The summed E-state index contributed by atoms with van der Waals surface area (Å²) in [4.78, 5) is 0. The molecule has 1 atom stereocenters. The Kier molecular flexibility index (Phi) is 4.52. The molecule has 2 nitrogen and oxygen atoms in total. The molecule has 1 fully saturated rings. The first kappa shape index (κ1) is 14.1. The van der Waals surface area contributed by atoms with Crippen LogP contribution in [-0.2, 0) is 6.42 Å². The van der Waals surface area contributed by atoms with Crippen LogP contribution < -0.4 is 0 Å². The van der Waals surface area contributed by atoms with E-state index in [2.05, 4.69) is 53.6 Å². The van der Waals surface area contributed by atoms with Gasteiger partial charge in [0.1, 0.15) is 0 Å². The van der Waals surface area contributed by atoms with Crippen molar-refractivity contribution in [3.05, 3.63) is 18.0 Å². The van der Waals surface area contributed by atoms with E-state index in [-0.39, 0.29) is 0 Å². The Hall–Kier alpha value is -0.310. The van der Waals surface area contributed by atoms with Crippen LogP contribution in [0.25, 0.3) is 0 Å². The second kappa shape index (κ2) is 5.77. The minimum absolute atomic E-state index is 0.300. The van der Waals surface area contributed by atoms with Gasteiger partial charge in [0.15, 0.2) is 0 Å². The van der Waals surface area contributed by atoms with Crippen molar-refractivity contribution in [1.82, 2.24) is 9.78 Å². The molecule has 0 spiro atoms. The highest BCUT2D eigenvalue weighted by atomic mass is 79.9. The molecule has 1 unspecified atom stereocenters. The van der Waals surface area contributed by atoms with Gasteiger partial charge >= 0.3 is 0 Å². The van der Waals surface area contributed by atoms with E-state index < -0.39 is 0 Å². The molecule has 1 aromatic heterocycles. The van der Waals surface area contributed by atoms with Gasteiger partial charge < -0.3 is 0 Å². The van der Waals surface area contributed by atoms with Crippen molar-refractivity contribution in [2.45, 2.75) is 58.9 Å². The molecule has 3 heteroatoms. The first-order valence-corrected chi connectivity index (χ1v) is 8.27. The Bertz CT molecular complexity index is 380. The molecule has 18 heavy (non-hydrogen) atoms. The van der Waals surface area contributed by atoms with E-state index in [1.807, 2.05) is 0 Å². The Balaban J connectivity index is 2.05. The van der Waals surface area contributed by atoms with Crippen molar-refractivity contribution in [3.8, 4) is 0 Å². The van der Waals surface area contributed by atoms with Gasteiger partial charge in [0, 0.05) is 11.5 Å². The number of rotatable bonds is 5. The monoisotopic (exact) mass is 312 g/mol. The van der Waals surface area contributed by atoms with Crippen LogP contribution in [0.5, 0.6) is 0 Å². The third-order valence-corrected chi connectivity index (χ3v) is 5.93. The fourth-order valence-electron chi connectivity index (χ4n) is 2.66. The van der Waals surface area contributed by atoms with Crippen molar-refractivity contribution in [2.24, 2.45) is 11.3 Å². The second-order valence-corrected chi connectivity index (χ2v) is 6.91. The Morgan fingerprint density at radius 1 is 1.44 bits per heavy atom. The van der Waals surface area contributed by atoms with Crippen LogP contribution in [0.4, 0.5) is 0 Å². The number of hydrogen-bond acceptors (Lipinski definition) is 1. The molecule has 0 saturated heterocycles. The van der Waals surface area contributed by atoms with E-state index >= 15 is 0 Å². The minimum atomic E-state index is 0.300. The highest BCUT2D eigenvalue weighted by Crippen LogP contribution is 2.34. The molecule has 1 heterocycles. The van der Waals surface area contributed by atoms with E-state index in [0.717, 1.165) is 11.8 Å². The number of hydrogen-bond donors (Lipinski definition) is 0. The van der Waals surface area contributed by atoms with E-state index in [0.29, 0.717) is 17.4 Å². The average molecular weight is 313 g/mol. The zero-order valence-corrected chi connectivity index (χ0v) is 13.4. The van der Waals surface area contributed by atoms with Gasteiger partial charge in [0.2, 0.25) is 0 Å². The van der Waals surface area contributed by atoms with Gasteiger partial charge in [-0.05, 0) is 36.7 Å². The minimum Gasteiger partial charge on any atom is -0.269 e. The predicted octanol–water partition coefficient (Wildman–Crippen LogP) is 4.60. The lowest BCUT2D eigenvalue weighted by Crippen LogP contribution is -2.28. The first-order chi connectivity index (χ1) is 8.55. The van der Waals surface area contributed by atoms with Gasteiger partial charge in [-0.25, -0.2) is 0 Å². The van der Waals surface area contributed by atoms with Gasteiger partial charge in [-0.1, -0.05) is 49.5 Å². The summed E-state index contributed by atoms with van der Waals surface area (Å²) in [5, 5.41) is 5.84. The molecule has 0 radical (unpaired) electrons. The number of halogens is 1. The van der Waals surface area contributed by atoms with E-state index in [1.54, 1.807) is 0 Å². The van der Waals surface area contributed by atoms with Crippen LogP contribution in [0.2, 0.25) is 0 Å². The quantitative estimate of drug-likeness (QED) is 0.727. The van der Waals surface area contributed by atoms with Gasteiger partial charge in [-0.3, -0.25) is 4.68 Å². The van der Waals surface area contributed by atoms with Crippen molar-refractivity contribution in [2.75, 3.05) is 5.33 Å². The van der Waals surface area contributed by atoms with Crippen molar-refractivity contribution < 1.29 is 0 Å². The number of aromatic nitrogens is 2. The Morgan fingerprint density at radius 3 is 2.67 bits per heavy atom. The molecule has 0 aromatic carbocycles. The average Bonchev–Trinajstić information content (AvgIpc) is 2.97. The Morgan fingerprint density at radius 2 is 2.11 bits per heavy atom. The molecule has 1 aliphatic carbocycles. The Labute approximate surface area is 119 Å². The molecule has 1 aromatic rings. The standard InChI is InChI=1S/C15H25BrN2/c1-12(2)15(3,11-16)10-13-8-9-18(17-13)14-6-4-5-7-14/h8-9,12,14H,4-7,10-11H2,1-3H3. The highest BCUT2D eigenvalue weighted by molar-refractivity contribution is 9.09. The predicted molar refractivity (Wildman–Crippen MR) is 80.2 cm³/mol. The van der Waals surface area contributed by atoms with Gasteiger partial charge in [-0.15, -0.1) is 0 Å². The van der Waals surface area contributed by atoms with Crippen LogP contribution in [0, 0.1) is 11.3 Å². The normalized spacial score (nSPS) is 20.5. The smallest absolute Gasteiger partial charge is 0.0630 e. The summed E-state index contributed by atoms with van der Waals surface area (Å²) in [6.45, 7) is 6.95. The molecule has 0 aliphatic heterocycles. The molecule has 0 N–H and O–H groups in total. The molecule has 1 saturated carbocycles. The lowest BCUT2D eigenvalue weighted by Gasteiger charge is -2.31. The maximum atomic E-state index is 4.80. The summed E-state index contributed by atoms with van der Waals surface area (Å²) >= 11 is 3.67. The maximum Gasteiger partial charge on any atom is 0.0630 e. The third-order valence-electron chi connectivity index (χ3n) is 4.65. The van der Waals surface area contributed by atoms with Crippen LogP contribution in [0.3, 0.4) is 0 Å². The molecular formula is C15H25BrN2. The van der Waals surface area contributed by atoms with Crippen molar-refractivity contribution in [3.63, 3.8) is 0 Å². The van der Waals surface area contributed by atoms with Crippen LogP contribution in [-0.4, -0.2) is 15.1 Å². The number of nitrogens with zero attached hydrogens (tertiary/aromatic N) is 2. The summed E-state index contributed by atoms with van der Waals surface area (Å²) in [6, 6.07) is 2.87. The van der Waals surface area contributed by atoms with Gasteiger partial charge in [0.25, 0.3) is 0 Å². The van der Waals surface area contributed by atoms with Crippen LogP contribution >= 0.6 is 15.9 Å². The second-order valence-electron chi connectivity index (χ2n) is 6.34. The highest BCUT2D eigenvalue weighted by Gasteiger charge is 2.28. The van der Waals surface area contributed by atoms with E-state index in [9.17, 15) is 0 Å². The summed E-state index contributed by atoms with van der Waals surface area (Å²) in [5.41, 5.74) is 1.55. The third kappa shape index (κ3) is 2.98. The largest absolute Gasteiger partial charge is 0.269 e. The van der Waals surface area contributed by atoms with E-state index in [1.165, 1.54) is 31.4 Å². The molecule has 1 aliphatic rings. The zero-order valence-electron chi connectivity index (χ0n) is 11.8. The molecule has 0 bridgehead atoms. The molecular weight excluding hydrogens is 288 g/mol. The lowest BCUT2D eigenvalue weighted by molar-refractivity contribution is 0.254. The summed E-state index contributed by atoms with van der Waals surface area (Å²) in [7, 11) is 0. The fourth-order valence-corrected chi connectivity index (χ4v) is 3.51. The topological polar surface area (TPSA) is 17.8 Å². The molecule has 0 amide bonds. The summed E-state index contributed by atoms with van der Waals surface area (Å²) in [6.07, 6.45) is 8.59. The van der Waals surface area contributed by atoms with Gasteiger partial charge in [0.05, 0.1) is 11.7 Å². The zero-order chi connectivity index (χ0) is 13.2. The summed E-state index contributed by atoms with van der Waals surface area (Å²) in [5.74, 6) is 0.661. The van der Waals surface area contributed by atoms with Crippen LogP contribution in [0.1, 0.15) is 58.2 Å². The molecule has 2 rings (SSSR count). The van der Waals surface area contributed by atoms with Gasteiger partial charge in [-0.2, -0.15) is 5.10 Å². The number of alkyl halides is 1. The van der Waals surface area contributed by atoms with E-state index in [4.69, 9.17) is 5.10 Å². The van der Waals surface area contributed by atoms with Crippen molar-refractivity contribution >= 4 is 15.9 Å². The fraction of sp³-hybridized carbons (Fsp3) is 0.800. The lowest BCUT2D eigenvalue weighted by atomic mass is 9.77. The summed E-state index contributed by atoms with van der Waals surface area (Å²) < 4.78 is 2.21. The van der Waals surface area contributed by atoms with Crippen molar-refractivity contribution in [1.29, 1.82) is 0 Å². The van der Waals surface area contributed by atoms with Crippen LogP contribution in [0.15, 0.2) is 12.3 Å². The first-order valence-electron chi connectivity index (χ1n) is 7.15. The molecule has 102 valence electrons. The maximum absolute atomic E-state index is 4.80.